The van der Waals surface area contributed by atoms with Gasteiger partial charge in [0.2, 0.25) is 0 Å². The number of methoxy groups -OCH3 is 1. The van der Waals surface area contributed by atoms with Gasteiger partial charge >= 0.3 is 0 Å². The molecule has 112 valence electrons. The normalized spacial score (nSPS) is 13.8. The highest BCUT2D eigenvalue weighted by Gasteiger charge is 2.15. The molecule has 0 heterocycles. The van der Waals surface area contributed by atoms with Crippen LogP contribution in [0.1, 0.15) is 25.3 Å². The van der Waals surface area contributed by atoms with E-state index < -0.39 is 6.10 Å². The summed E-state index contributed by atoms with van der Waals surface area (Å²) in [5, 5.41) is 18.4. The fourth-order valence-corrected chi connectivity index (χ4v) is 1.91. The Bertz CT molecular complexity index is 399. The molecule has 0 aliphatic heterocycles. The van der Waals surface area contributed by atoms with Gasteiger partial charge in [0.1, 0.15) is 5.75 Å². The van der Waals surface area contributed by atoms with Gasteiger partial charge in [0.25, 0.3) is 0 Å². The summed E-state index contributed by atoms with van der Waals surface area (Å²) in [7, 11) is 1.63. The van der Waals surface area contributed by atoms with E-state index in [4.69, 9.17) is 14.6 Å². The highest BCUT2D eigenvalue weighted by atomic mass is 16.5. The lowest BCUT2D eigenvalue weighted by atomic mass is 10.1. The second-order valence-electron chi connectivity index (χ2n) is 5.01. The first kappa shape index (κ1) is 16.7. The van der Waals surface area contributed by atoms with E-state index in [0.717, 1.165) is 16.9 Å². The Labute approximate surface area is 120 Å². The zero-order valence-electron chi connectivity index (χ0n) is 12.2. The predicted molar refractivity (Wildman–Crippen MR) is 78.7 cm³/mol. The van der Waals surface area contributed by atoms with E-state index in [1.165, 1.54) is 0 Å². The Hall–Kier alpha value is -1.36. The molecule has 0 aliphatic rings. The number of aliphatic hydroxyl groups is 2. The average molecular weight is 280 g/mol. The zero-order valence-corrected chi connectivity index (χ0v) is 12.2. The molecule has 1 rings (SSSR count). The van der Waals surface area contributed by atoms with Crippen LogP contribution in [0, 0.1) is 0 Å². The monoisotopic (exact) mass is 280 g/mol. The van der Waals surface area contributed by atoms with Crippen molar-refractivity contribution in [1.29, 1.82) is 0 Å². The first-order valence-electron chi connectivity index (χ1n) is 6.73. The van der Waals surface area contributed by atoms with E-state index in [-0.39, 0.29) is 12.7 Å². The minimum atomic E-state index is -0.754. The van der Waals surface area contributed by atoms with Gasteiger partial charge in [0.05, 0.1) is 32.5 Å². The lowest BCUT2D eigenvalue weighted by Gasteiger charge is -2.20. The van der Waals surface area contributed by atoms with E-state index in [2.05, 4.69) is 6.58 Å². The Morgan fingerprint density at radius 2 is 1.95 bits per heavy atom. The van der Waals surface area contributed by atoms with E-state index in [1.54, 1.807) is 7.11 Å². The highest BCUT2D eigenvalue weighted by molar-refractivity contribution is 5.26. The SMILES string of the molecule is C=C(C)C[C@@H](C[C@@H](O)CO)OCc1ccc(OC)cc1. The Morgan fingerprint density at radius 3 is 2.45 bits per heavy atom. The number of benzene rings is 1. The van der Waals surface area contributed by atoms with Crippen molar-refractivity contribution in [2.45, 2.75) is 38.6 Å². The van der Waals surface area contributed by atoms with E-state index in [1.807, 2.05) is 31.2 Å². The molecule has 4 nitrogen and oxygen atoms in total. The smallest absolute Gasteiger partial charge is 0.118 e. The lowest BCUT2D eigenvalue weighted by molar-refractivity contribution is -0.00969. The van der Waals surface area contributed by atoms with Crippen molar-refractivity contribution in [1.82, 2.24) is 0 Å². The molecule has 0 amide bonds. The molecule has 1 aromatic carbocycles. The summed E-state index contributed by atoms with van der Waals surface area (Å²) in [6.07, 6.45) is 0.180. The van der Waals surface area contributed by atoms with E-state index >= 15 is 0 Å². The van der Waals surface area contributed by atoms with Gasteiger partial charge in [-0.25, -0.2) is 0 Å². The fraction of sp³-hybridized carbons (Fsp3) is 0.500. The minimum absolute atomic E-state index is 0.142. The van der Waals surface area contributed by atoms with Gasteiger partial charge in [0.15, 0.2) is 0 Å². The molecular weight excluding hydrogens is 256 g/mol. The van der Waals surface area contributed by atoms with Gasteiger partial charge in [-0.05, 0) is 31.0 Å². The van der Waals surface area contributed by atoms with Crippen molar-refractivity contribution >= 4 is 0 Å². The molecule has 0 radical (unpaired) electrons. The Balaban J connectivity index is 2.53. The standard InChI is InChI=1S/C16H24O4/c1-12(2)8-16(9-14(18)10-17)20-11-13-4-6-15(19-3)7-5-13/h4-7,14,16-18H,1,8-11H2,2-3H3/t14-,16+/m1/s1. The van der Waals surface area contributed by atoms with Crippen molar-refractivity contribution in [3.63, 3.8) is 0 Å². The van der Waals surface area contributed by atoms with Gasteiger partial charge in [-0.3, -0.25) is 0 Å². The first-order valence-corrected chi connectivity index (χ1v) is 6.73. The lowest BCUT2D eigenvalue weighted by Crippen LogP contribution is -2.23. The molecule has 0 unspecified atom stereocenters. The van der Waals surface area contributed by atoms with E-state index in [9.17, 15) is 5.11 Å². The number of ether oxygens (including phenoxy) is 2. The second kappa shape index (κ2) is 8.74. The molecule has 0 fully saturated rings. The van der Waals surface area contributed by atoms with Crippen molar-refractivity contribution in [2.75, 3.05) is 13.7 Å². The largest absolute Gasteiger partial charge is 0.497 e. The van der Waals surface area contributed by atoms with Gasteiger partial charge in [-0.15, -0.1) is 6.58 Å². The second-order valence-corrected chi connectivity index (χ2v) is 5.01. The van der Waals surface area contributed by atoms with Gasteiger partial charge in [0, 0.05) is 6.42 Å². The molecule has 0 aliphatic carbocycles. The fourth-order valence-electron chi connectivity index (χ4n) is 1.91. The third kappa shape index (κ3) is 6.19. The van der Waals surface area contributed by atoms with Crippen molar-refractivity contribution in [3.05, 3.63) is 42.0 Å². The van der Waals surface area contributed by atoms with Gasteiger partial charge in [-0.1, -0.05) is 17.7 Å². The first-order chi connectivity index (χ1) is 9.55. The molecule has 0 bridgehead atoms. The zero-order chi connectivity index (χ0) is 15.0. The summed E-state index contributed by atoms with van der Waals surface area (Å²) in [4.78, 5) is 0. The molecule has 2 N–H and O–H groups in total. The summed E-state index contributed by atoms with van der Waals surface area (Å²) in [6.45, 7) is 6.00. The van der Waals surface area contributed by atoms with Crippen LogP contribution in [0.3, 0.4) is 0 Å². The number of hydrogen-bond donors (Lipinski definition) is 2. The van der Waals surface area contributed by atoms with Crippen LogP contribution in [0.2, 0.25) is 0 Å². The third-order valence-electron chi connectivity index (χ3n) is 2.97. The summed E-state index contributed by atoms with van der Waals surface area (Å²) in [6, 6.07) is 7.66. The van der Waals surface area contributed by atoms with Crippen LogP contribution < -0.4 is 4.74 Å². The van der Waals surface area contributed by atoms with Gasteiger partial charge < -0.3 is 19.7 Å². The summed E-state index contributed by atoms with van der Waals surface area (Å²) >= 11 is 0. The summed E-state index contributed by atoms with van der Waals surface area (Å²) < 4.78 is 10.9. The number of aliphatic hydroxyl groups excluding tert-OH is 2. The number of hydrogen-bond acceptors (Lipinski definition) is 4. The third-order valence-corrected chi connectivity index (χ3v) is 2.97. The summed E-state index contributed by atoms with van der Waals surface area (Å²) in [5.74, 6) is 0.808. The van der Waals surface area contributed by atoms with Crippen molar-refractivity contribution in [3.8, 4) is 5.75 Å². The molecular formula is C16H24O4. The molecule has 0 saturated carbocycles. The van der Waals surface area contributed by atoms with Crippen LogP contribution in [0.15, 0.2) is 36.4 Å². The summed E-state index contributed by atoms with van der Waals surface area (Å²) in [5.41, 5.74) is 2.03. The molecule has 1 aromatic rings. The maximum Gasteiger partial charge on any atom is 0.118 e. The van der Waals surface area contributed by atoms with Gasteiger partial charge in [-0.2, -0.15) is 0 Å². The Kier molecular flexibility index (Phi) is 7.30. The van der Waals surface area contributed by atoms with Crippen molar-refractivity contribution in [2.24, 2.45) is 0 Å². The molecule has 4 heteroatoms. The van der Waals surface area contributed by atoms with Crippen LogP contribution in [0.4, 0.5) is 0 Å². The maximum atomic E-state index is 9.53. The quantitative estimate of drug-likeness (QED) is 0.681. The maximum absolute atomic E-state index is 9.53. The topological polar surface area (TPSA) is 58.9 Å². The Morgan fingerprint density at radius 1 is 1.30 bits per heavy atom. The van der Waals surface area contributed by atoms with Crippen molar-refractivity contribution < 1.29 is 19.7 Å². The van der Waals surface area contributed by atoms with E-state index in [0.29, 0.717) is 19.4 Å². The predicted octanol–water partition coefficient (Wildman–Crippen LogP) is 2.29. The molecule has 20 heavy (non-hydrogen) atoms. The molecule has 0 spiro atoms. The molecule has 0 saturated heterocycles. The number of rotatable bonds is 9. The molecule has 2 atom stereocenters. The van der Waals surface area contributed by atoms with Crippen LogP contribution in [-0.2, 0) is 11.3 Å². The van der Waals surface area contributed by atoms with Crippen LogP contribution in [-0.4, -0.2) is 36.1 Å². The molecule has 0 aromatic heterocycles. The minimum Gasteiger partial charge on any atom is -0.497 e. The van der Waals surface area contributed by atoms with Crippen LogP contribution in [0.25, 0.3) is 0 Å². The highest BCUT2D eigenvalue weighted by Crippen LogP contribution is 2.17. The van der Waals surface area contributed by atoms with Crippen LogP contribution in [0.5, 0.6) is 5.75 Å². The average Bonchev–Trinajstić information content (AvgIpc) is 2.44. The van der Waals surface area contributed by atoms with Crippen LogP contribution >= 0.6 is 0 Å².